The van der Waals surface area contributed by atoms with Crippen molar-refractivity contribution in [2.45, 2.75) is 77.0 Å². The molecular formula is C25H35FN4O3. The molecule has 8 heteroatoms. The molecule has 2 saturated heterocycles. The molecule has 0 aromatic heterocycles. The number of hydrazine groups is 1. The monoisotopic (exact) mass is 458 g/mol. The molecular weight excluding hydrogens is 423 g/mol. The van der Waals surface area contributed by atoms with Crippen molar-refractivity contribution in [1.82, 2.24) is 20.2 Å². The Balaban J connectivity index is 1.34. The number of ether oxygens (including phenoxy) is 1. The predicted octanol–water partition coefficient (Wildman–Crippen LogP) is 3.32. The van der Waals surface area contributed by atoms with Crippen LogP contribution in [0.25, 0.3) is 0 Å². The van der Waals surface area contributed by atoms with E-state index in [0.29, 0.717) is 35.7 Å². The largest absolute Gasteiger partial charge is 0.415 e. The maximum atomic E-state index is 13.7. The number of benzene rings is 1. The molecule has 2 aliphatic heterocycles. The van der Waals surface area contributed by atoms with Crippen LogP contribution in [0.4, 0.5) is 9.18 Å². The third-order valence-corrected chi connectivity index (χ3v) is 8.09. The molecule has 4 unspecified atom stereocenters. The summed E-state index contributed by atoms with van der Waals surface area (Å²) in [6, 6.07) is 4.95. The van der Waals surface area contributed by atoms with E-state index < -0.39 is 6.09 Å². The second-order valence-corrected chi connectivity index (χ2v) is 10.4. The summed E-state index contributed by atoms with van der Waals surface area (Å²) in [4.78, 5) is 29.6. The highest BCUT2D eigenvalue weighted by atomic mass is 19.1. The van der Waals surface area contributed by atoms with Gasteiger partial charge >= 0.3 is 6.09 Å². The highest BCUT2D eigenvalue weighted by Crippen LogP contribution is 2.41. The van der Waals surface area contributed by atoms with Gasteiger partial charge in [0.05, 0.1) is 12.1 Å². The molecule has 0 spiro atoms. The molecule has 0 bridgehead atoms. The number of amides is 2. The van der Waals surface area contributed by atoms with Crippen LogP contribution in [-0.2, 0) is 4.79 Å². The molecule has 1 N–H and O–H groups in total. The van der Waals surface area contributed by atoms with Gasteiger partial charge in [-0.15, -0.1) is 0 Å². The van der Waals surface area contributed by atoms with E-state index >= 15 is 0 Å². The smallest absolute Gasteiger partial charge is 0.410 e. The van der Waals surface area contributed by atoms with Crippen molar-refractivity contribution in [3.05, 3.63) is 29.6 Å². The number of fused-ring (bicyclic) bond motifs is 1. The maximum Gasteiger partial charge on any atom is 0.415 e. The molecule has 1 aromatic carbocycles. The standard InChI is InChI=1S/C25H35FN4O3/c1-15-10-21(7-8-22(15)26)33-25(32)28-13-16(2)30(17(3)31)23-9-4-18(11-24(23)28)19-12-27-29(14-19)20-5-6-20/h7-8,10,16,18-20,23-24,27H,4-6,9,11-14H2,1-3H3/t16-,18?,19?,23?,24?/m0/s1. The normalized spacial score (nSPS) is 32.5. The van der Waals surface area contributed by atoms with Gasteiger partial charge in [-0.1, -0.05) is 0 Å². The molecule has 4 fully saturated rings. The number of aryl methyl sites for hydroxylation is 1. The van der Waals surface area contributed by atoms with Crippen molar-refractivity contribution in [2.75, 3.05) is 19.6 Å². The molecule has 33 heavy (non-hydrogen) atoms. The van der Waals surface area contributed by atoms with E-state index in [1.807, 2.05) is 16.7 Å². The number of hydrogen-bond donors (Lipinski definition) is 1. The van der Waals surface area contributed by atoms with Crippen LogP contribution in [0.2, 0.25) is 0 Å². The summed E-state index contributed by atoms with van der Waals surface area (Å²) in [7, 11) is 0. The number of nitrogens with zero attached hydrogens (tertiary/aromatic N) is 3. The highest BCUT2D eigenvalue weighted by molar-refractivity contribution is 5.76. The van der Waals surface area contributed by atoms with Crippen LogP contribution in [0.1, 0.15) is 51.5 Å². The van der Waals surface area contributed by atoms with E-state index in [0.717, 1.165) is 32.4 Å². The lowest BCUT2D eigenvalue weighted by molar-refractivity contribution is -0.142. The van der Waals surface area contributed by atoms with Crippen molar-refractivity contribution in [1.29, 1.82) is 0 Å². The molecule has 5 rings (SSSR count). The van der Waals surface area contributed by atoms with Gasteiger partial charge < -0.3 is 14.5 Å². The van der Waals surface area contributed by atoms with Gasteiger partial charge in [0.1, 0.15) is 11.6 Å². The number of halogens is 1. The van der Waals surface area contributed by atoms with E-state index in [9.17, 15) is 14.0 Å². The summed E-state index contributed by atoms with van der Waals surface area (Å²) in [5, 5.41) is 2.41. The van der Waals surface area contributed by atoms with Crippen molar-refractivity contribution in [2.24, 2.45) is 11.8 Å². The van der Waals surface area contributed by atoms with E-state index in [-0.39, 0.29) is 29.8 Å². The van der Waals surface area contributed by atoms with Crippen molar-refractivity contribution in [3.8, 4) is 5.75 Å². The Hall–Kier alpha value is -2.19. The van der Waals surface area contributed by atoms with Gasteiger partial charge in [-0.25, -0.2) is 14.2 Å². The second kappa shape index (κ2) is 8.87. The Morgan fingerprint density at radius 3 is 2.58 bits per heavy atom. The fraction of sp³-hybridized carbons (Fsp3) is 0.680. The zero-order valence-electron chi connectivity index (χ0n) is 19.8. The van der Waals surface area contributed by atoms with Crippen LogP contribution in [-0.4, -0.2) is 70.6 Å². The zero-order chi connectivity index (χ0) is 23.3. The molecule has 1 aromatic rings. The summed E-state index contributed by atoms with van der Waals surface area (Å²) in [5.74, 6) is 1.17. The summed E-state index contributed by atoms with van der Waals surface area (Å²) < 4.78 is 19.4. The van der Waals surface area contributed by atoms with Crippen LogP contribution in [0.5, 0.6) is 5.75 Å². The zero-order valence-corrected chi connectivity index (χ0v) is 19.8. The van der Waals surface area contributed by atoms with Gasteiger partial charge in [0.15, 0.2) is 0 Å². The van der Waals surface area contributed by atoms with Crippen molar-refractivity contribution < 1.29 is 18.7 Å². The average molecular weight is 459 g/mol. The lowest BCUT2D eigenvalue weighted by atomic mass is 9.73. The predicted molar refractivity (Wildman–Crippen MR) is 122 cm³/mol. The molecule has 2 aliphatic carbocycles. The van der Waals surface area contributed by atoms with Gasteiger partial charge in [0, 0.05) is 38.6 Å². The van der Waals surface area contributed by atoms with Gasteiger partial charge in [0.2, 0.25) is 5.91 Å². The minimum Gasteiger partial charge on any atom is -0.410 e. The third kappa shape index (κ3) is 4.47. The molecule has 4 aliphatic rings. The molecule has 2 saturated carbocycles. The van der Waals surface area contributed by atoms with Crippen LogP contribution >= 0.6 is 0 Å². The van der Waals surface area contributed by atoms with E-state index in [4.69, 9.17) is 4.74 Å². The first-order valence-corrected chi connectivity index (χ1v) is 12.4. The first-order valence-electron chi connectivity index (χ1n) is 12.4. The van der Waals surface area contributed by atoms with Gasteiger partial charge in [-0.05, 0) is 81.5 Å². The lowest BCUT2D eigenvalue weighted by Gasteiger charge is -2.54. The SMILES string of the molecule is CC(=O)N1C2CCC(C3CNN(C4CC4)C3)CC2N(C(=O)Oc2ccc(F)c(C)c2)C[C@@H]1C. The van der Waals surface area contributed by atoms with E-state index in [1.165, 1.54) is 25.0 Å². The number of piperazine rings is 1. The quantitative estimate of drug-likeness (QED) is 0.753. The second-order valence-electron chi connectivity index (χ2n) is 10.4. The Bertz CT molecular complexity index is 923. The summed E-state index contributed by atoms with van der Waals surface area (Å²) in [6.45, 7) is 7.79. The number of nitrogens with one attached hydrogen (secondary N) is 1. The average Bonchev–Trinajstić information content (AvgIpc) is 3.51. The van der Waals surface area contributed by atoms with E-state index in [2.05, 4.69) is 10.4 Å². The molecule has 0 radical (unpaired) electrons. The van der Waals surface area contributed by atoms with Crippen molar-refractivity contribution >= 4 is 12.0 Å². The number of carbonyl (C=O) groups excluding carboxylic acids is 2. The fourth-order valence-corrected chi connectivity index (χ4v) is 6.28. The molecule has 7 nitrogen and oxygen atoms in total. The van der Waals surface area contributed by atoms with E-state index in [1.54, 1.807) is 19.9 Å². The van der Waals surface area contributed by atoms with Gasteiger partial charge in [-0.2, -0.15) is 0 Å². The first kappa shape index (κ1) is 22.6. The molecule has 180 valence electrons. The first-order chi connectivity index (χ1) is 15.8. The molecule has 2 amide bonds. The Labute approximate surface area is 195 Å². The summed E-state index contributed by atoms with van der Waals surface area (Å²) >= 11 is 0. The number of rotatable bonds is 3. The van der Waals surface area contributed by atoms with Crippen LogP contribution in [0.15, 0.2) is 18.2 Å². The highest BCUT2D eigenvalue weighted by Gasteiger charge is 2.49. The number of hydrogen-bond acceptors (Lipinski definition) is 5. The summed E-state index contributed by atoms with van der Waals surface area (Å²) in [6.07, 6.45) is 5.01. The minimum atomic E-state index is -0.407. The molecule has 5 atom stereocenters. The number of carbonyl (C=O) groups is 2. The lowest BCUT2D eigenvalue weighted by Crippen LogP contribution is -2.67. The summed E-state index contributed by atoms with van der Waals surface area (Å²) in [5.41, 5.74) is 4.03. The Morgan fingerprint density at radius 1 is 1.09 bits per heavy atom. The topological polar surface area (TPSA) is 65.1 Å². The van der Waals surface area contributed by atoms with Crippen LogP contribution < -0.4 is 10.2 Å². The maximum absolute atomic E-state index is 13.7. The van der Waals surface area contributed by atoms with Gasteiger partial charge in [0.25, 0.3) is 0 Å². The molecule has 2 heterocycles. The Kier molecular flexibility index (Phi) is 6.07. The third-order valence-electron chi connectivity index (χ3n) is 8.09. The van der Waals surface area contributed by atoms with Gasteiger partial charge in [-0.3, -0.25) is 10.2 Å². The van der Waals surface area contributed by atoms with Crippen molar-refractivity contribution in [3.63, 3.8) is 0 Å². The minimum absolute atomic E-state index is 0.0129. The van der Waals surface area contributed by atoms with Crippen LogP contribution in [0, 0.1) is 24.6 Å². The fourth-order valence-electron chi connectivity index (χ4n) is 6.28. The van der Waals surface area contributed by atoms with Crippen LogP contribution in [0.3, 0.4) is 0 Å². The Morgan fingerprint density at radius 2 is 1.88 bits per heavy atom.